The highest BCUT2D eigenvalue weighted by atomic mass is 16.5. The zero-order valence-corrected chi connectivity index (χ0v) is 15.4. The Morgan fingerprint density at radius 2 is 1.56 bits per heavy atom. The molecule has 0 fully saturated rings. The highest BCUT2D eigenvalue weighted by Gasteiger charge is 2.19. The fraction of sp³-hybridized carbons (Fsp3) is 0.429. The van der Waals surface area contributed by atoms with Crippen LogP contribution in [0.2, 0.25) is 0 Å². The summed E-state index contributed by atoms with van der Waals surface area (Å²) < 4.78 is 16.1. The zero-order chi connectivity index (χ0) is 17.6. The summed E-state index contributed by atoms with van der Waals surface area (Å²) in [6.45, 7) is 3.20. The van der Waals surface area contributed by atoms with Crippen molar-refractivity contribution in [3.63, 3.8) is 0 Å². The molecule has 0 unspecified atom stereocenters. The Balaban J connectivity index is 1.55. The predicted molar refractivity (Wildman–Crippen MR) is 99.8 cm³/mol. The van der Waals surface area contributed by atoms with Crippen molar-refractivity contribution in [1.29, 1.82) is 0 Å². The lowest BCUT2D eigenvalue weighted by atomic mass is 9.98. The van der Waals surface area contributed by atoms with Gasteiger partial charge in [0, 0.05) is 13.1 Å². The normalized spacial score (nSPS) is 14.0. The van der Waals surface area contributed by atoms with Crippen molar-refractivity contribution in [3.8, 4) is 17.2 Å². The smallest absolute Gasteiger partial charge is 0.161 e. The molecular weight excluding hydrogens is 314 g/mol. The Bertz CT molecular complexity index is 697. The second kappa shape index (κ2) is 8.26. The van der Waals surface area contributed by atoms with E-state index < -0.39 is 0 Å². The van der Waals surface area contributed by atoms with Gasteiger partial charge in [-0.3, -0.25) is 4.90 Å². The van der Waals surface area contributed by atoms with Gasteiger partial charge in [-0.25, -0.2) is 0 Å². The van der Waals surface area contributed by atoms with E-state index in [1.165, 1.54) is 16.7 Å². The van der Waals surface area contributed by atoms with Crippen molar-refractivity contribution in [3.05, 3.63) is 53.1 Å². The molecule has 0 aliphatic carbocycles. The molecule has 0 spiro atoms. The van der Waals surface area contributed by atoms with E-state index in [4.69, 9.17) is 14.2 Å². The van der Waals surface area contributed by atoms with Crippen LogP contribution in [-0.4, -0.2) is 39.3 Å². The summed E-state index contributed by atoms with van der Waals surface area (Å²) in [4.78, 5) is 2.53. The van der Waals surface area contributed by atoms with E-state index in [0.29, 0.717) is 0 Å². The fourth-order valence-electron chi connectivity index (χ4n) is 3.43. The van der Waals surface area contributed by atoms with Crippen LogP contribution >= 0.6 is 0 Å². The summed E-state index contributed by atoms with van der Waals surface area (Å²) in [5.74, 6) is 2.57. The van der Waals surface area contributed by atoms with Crippen LogP contribution in [0.4, 0.5) is 0 Å². The SMILES string of the molecule is COc1ccc(CCCN2CCc3cc(OC)c(OC)cc3C2)cc1. The van der Waals surface area contributed by atoms with Crippen molar-refractivity contribution in [2.45, 2.75) is 25.8 Å². The number of methoxy groups -OCH3 is 3. The van der Waals surface area contributed by atoms with E-state index in [1.807, 2.05) is 12.1 Å². The zero-order valence-electron chi connectivity index (χ0n) is 15.4. The number of ether oxygens (including phenoxy) is 3. The van der Waals surface area contributed by atoms with Crippen LogP contribution in [0.3, 0.4) is 0 Å². The molecule has 0 bridgehead atoms. The molecule has 0 amide bonds. The van der Waals surface area contributed by atoms with Crippen LogP contribution in [0.1, 0.15) is 23.1 Å². The number of hydrogen-bond donors (Lipinski definition) is 0. The molecule has 0 aromatic heterocycles. The third kappa shape index (κ3) is 4.26. The van der Waals surface area contributed by atoms with Gasteiger partial charge in [-0.15, -0.1) is 0 Å². The third-order valence-corrected chi connectivity index (χ3v) is 4.90. The molecule has 0 N–H and O–H groups in total. The Labute approximate surface area is 150 Å². The molecule has 25 heavy (non-hydrogen) atoms. The highest BCUT2D eigenvalue weighted by molar-refractivity contribution is 5.48. The molecule has 1 aliphatic rings. The molecule has 1 heterocycles. The molecule has 2 aromatic rings. The summed E-state index contributed by atoms with van der Waals surface area (Å²) in [6.07, 6.45) is 3.33. The van der Waals surface area contributed by atoms with Crippen LogP contribution < -0.4 is 14.2 Å². The largest absolute Gasteiger partial charge is 0.497 e. The Morgan fingerprint density at radius 3 is 2.20 bits per heavy atom. The summed E-state index contributed by atoms with van der Waals surface area (Å²) in [5.41, 5.74) is 4.10. The van der Waals surface area contributed by atoms with E-state index in [9.17, 15) is 0 Å². The molecule has 2 aromatic carbocycles. The fourth-order valence-corrected chi connectivity index (χ4v) is 3.43. The Hall–Kier alpha value is -2.20. The second-order valence-electron chi connectivity index (χ2n) is 6.45. The van der Waals surface area contributed by atoms with Gasteiger partial charge in [0.15, 0.2) is 11.5 Å². The van der Waals surface area contributed by atoms with Crippen LogP contribution in [0, 0.1) is 0 Å². The molecule has 4 nitrogen and oxygen atoms in total. The van der Waals surface area contributed by atoms with Gasteiger partial charge >= 0.3 is 0 Å². The maximum Gasteiger partial charge on any atom is 0.161 e. The van der Waals surface area contributed by atoms with Gasteiger partial charge in [-0.1, -0.05) is 12.1 Å². The predicted octanol–water partition coefficient (Wildman–Crippen LogP) is 3.70. The topological polar surface area (TPSA) is 30.9 Å². The minimum absolute atomic E-state index is 0.821. The molecule has 1 aliphatic heterocycles. The van der Waals surface area contributed by atoms with Gasteiger partial charge < -0.3 is 14.2 Å². The number of hydrogen-bond acceptors (Lipinski definition) is 4. The first kappa shape index (κ1) is 17.6. The number of rotatable bonds is 7. The van der Waals surface area contributed by atoms with Gasteiger partial charge in [0.2, 0.25) is 0 Å². The molecule has 134 valence electrons. The average molecular weight is 341 g/mol. The minimum Gasteiger partial charge on any atom is -0.497 e. The van der Waals surface area contributed by atoms with Crippen LogP contribution in [0.25, 0.3) is 0 Å². The van der Waals surface area contributed by atoms with Gasteiger partial charge in [0.25, 0.3) is 0 Å². The average Bonchev–Trinajstić information content (AvgIpc) is 2.67. The van der Waals surface area contributed by atoms with Gasteiger partial charge in [0.1, 0.15) is 5.75 Å². The van der Waals surface area contributed by atoms with E-state index in [-0.39, 0.29) is 0 Å². The Morgan fingerprint density at radius 1 is 0.880 bits per heavy atom. The van der Waals surface area contributed by atoms with Crippen molar-refractivity contribution in [1.82, 2.24) is 4.90 Å². The van der Waals surface area contributed by atoms with E-state index in [2.05, 4.69) is 29.2 Å². The summed E-state index contributed by atoms with van der Waals surface area (Å²) in [6, 6.07) is 12.6. The number of benzene rings is 2. The highest BCUT2D eigenvalue weighted by Crippen LogP contribution is 2.33. The molecule has 0 saturated heterocycles. The van der Waals surface area contributed by atoms with Crippen molar-refractivity contribution >= 4 is 0 Å². The lowest BCUT2D eigenvalue weighted by Crippen LogP contribution is -2.31. The van der Waals surface area contributed by atoms with Crippen molar-refractivity contribution in [2.24, 2.45) is 0 Å². The standard InChI is InChI=1S/C21H27NO3/c1-23-19-8-6-16(7-9-19)5-4-11-22-12-10-17-13-20(24-2)21(25-3)14-18(17)15-22/h6-9,13-14H,4-5,10-12,15H2,1-3H3. The molecular formula is C21H27NO3. The number of nitrogens with zero attached hydrogens (tertiary/aromatic N) is 1. The maximum atomic E-state index is 5.44. The first-order valence-electron chi connectivity index (χ1n) is 8.82. The molecule has 0 radical (unpaired) electrons. The van der Waals surface area contributed by atoms with Gasteiger partial charge in [-0.05, 0) is 66.8 Å². The first-order valence-corrected chi connectivity index (χ1v) is 8.82. The number of fused-ring (bicyclic) bond motifs is 1. The lowest BCUT2D eigenvalue weighted by molar-refractivity contribution is 0.249. The van der Waals surface area contributed by atoms with Crippen LogP contribution in [0.15, 0.2) is 36.4 Å². The second-order valence-corrected chi connectivity index (χ2v) is 6.45. The monoisotopic (exact) mass is 341 g/mol. The lowest BCUT2D eigenvalue weighted by Gasteiger charge is -2.29. The third-order valence-electron chi connectivity index (χ3n) is 4.90. The first-order chi connectivity index (χ1) is 12.2. The summed E-state index contributed by atoms with van der Waals surface area (Å²) in [7, 11) is 5.09. The van der Waals surface area contributed by atoms with E-state index >= 15 is 0 Å². The summed E-state index contributed by atoms with van der Waals surface area (Å²) >= 11 is 0. The minimum atomic E-state index is 0.821. The molecule has 4 heteroatoms. The number of aryl methyl sites for hydroxylation is 1. The van der Waals surface area contributed by atoms with Gasteiger partial charge in [0.05, 0.1) is 21.3 Å². The summed E-state index contributed by atoms with van der Waals surface area (Å²) in [5, 5.41) is 0. The molecule has 0 saturated carbocycles. The van der Waals surface area contributed by atoms with Crippen molar-refractivity contribution in [2.75, 3.05) is 34.4 Å². The van der Waals surface area contributed by atoms with Gasteiger partial charge in [-0.2, -0.15) is 0 Å². The Kier molecular flexibility index (Phi) is 5.82. The van der Waals surface area contributed by atoms with Crippen LogP contribution in [0.5, 0.6) is 17.2 Å². The van der Waals surface area contributed by atoms with Crippen molar-refractivity contribution < 1.29 is 14.2 Å². The van der Waals surface area contributed by atoms with E-state index in [0.717, 1.165) is 56.1 Å². The maximum absolute atomic E-state index is 5.44. The molecule has 0 atom stereocenters. The van der Waals surface area contributed by atoms with Crippen LogP contribution in [-0.2, 0) is 19.4 Å². The quantitative estimate of drug-likeness (QED) is 0.768. The molecule has 3 rings (SSSR count). The van der Waals surface area contributed by atoms with E-state index in [1.54, 1.807) is 21.3 Å².